The summed E-state index contributed by atoms with van der Waals surface area (Å²) in [7, 11) is 0.267. The summed E-state index contributed by atoms with van der Waals surface area (Å²) >= 11 is 0. The number of aromatic amines is 1. The lowest BCUT2D eigenvalue weighted by Crippen LogP contribution is -2.52. The lowest BCUT2D eigenvalue weighted by atomic mass is 9.79. The van der Waals surface area contributed by atoms with Crippen LogP contribution in [-0.2, 0) is 33.6 Å². The minimum absolute atomic E-state index is 0.0481. The van der Waals surface area contributed by atoms with Crippen LogP contribution in [0, 0.1) is 18.3 Å². The number of rotatable bonds is 20. The molecule has 5 aromatic carbocycles. The Kier molecular flexibility index (Phi) is 16.6. The number of hydrogen-bond donors (Lipinski definition) is 1. The summed E-state index contributed by atoms with van der Waals surface area (Å²) < 4.78 is 55.8. The van der Waals surface area contributed by atoms with E-state index in [0.29, 0.717) is 56.2 Å². The van der Waals surface area contributed by atoms with Gasteiger partial charge in [-0.15, -0.1) is 0 Å². The second-order valence-corrected chi connectivity index (χ2v) is 25.2. The third-order valence-corrected chi connectivity index (χ3v) is 20.3. The van der Waals surface area contributed by atoms with Crippen molar-refractivity contribution in [3.8, 4) is 28.7 Å². The van der Waals surface area contributed by atoms with Crippen LogP contribution in [0.1, 0.15) is 86.1 Å². The van der Waals surface area contributed by atoms with Crippen LogP contribution in [0.5, 0.6) is 11.5 Å². The topological polar surface area (TPSA) is 176 Å². The number of aryl methyl sites for hydroxylation is 1. The van der Waals surface area contributed by atoms with Crippen molar-refractivity contribution in [2.75, 3.05) is 66.8 Å². The number of fused-ring (bicyclic) bond motifs is 4. The summed E-state index contributed by atoms with van der Waals surface area (Å²) in [5.41, 5.74) is 3.36. The van der Waals surface area contributed by atoms with Gasteiger partial charge in [0, 0.05) is 56.8 Å². The van der Waals surface area contributed by atoms with Gasteiger partial charge in [-0.1, -0.05) is 103 Å². The van der Waals surface area contributed by atoms with E-state index in [0.717, 1.165) is 27.8 Å². The SMILES string of the molecule is COc1ccc(C(OCC2O[C@@H](n3cc(C)c(=O)[nH]c3=O)[C@H]3O[C@@H](CN4CCN(C(=O)OCC5c6ccccc6-c6ccccc65)CC4)C[C@@]23O[P+](OCCC#N)(C(C)C)C(C)C)(c2ccccc2)c2ccc(OC)cc2)cc1. The molecule has 1 amide bonds. The first-order valence-electron chi connectivity index (χ1n) is 27.3. The van der Waals surface area contributed by atoms with Crippen molar-refractivity contribution in [3.63, 3.8) is 0 Å². The summed E-state index contributed by atoms with van der Waals surface area (Å²) in [4.78, 5) is 47.5. The monoisotopic (exact) mass is 1090 g/mol. The lowest BCUT2D eigenvalue weighted by Gasteiger charge is -2.41. The number of benzene rings is 5. The van der Waals surface area contributed by atoms with Gasteiger partial charge < -0.3 is 33.3 Å². The molecule has 4 aliphatic rings. The van der Waals surface area contributed by atoms with E-state index >= 15 is 0 Å². The number of nitriles is 1. The van der Waals surface area contributed by atoms with Crippen molar-refractivity contribution in [1.82, 2.24) is 19.4 Å². The molecule has 0 bridgehead atoms. The first-order valence-corrected chi connectivity index (χ1v) is 29.1. The fraction of sp³-hybridized carbons (Fsp3) is 0.419. The van der Waals surface area contributed by atoms with E-state index in [1.54, 1.807) is 26.0 Å². The molecule has 1 unspecified atom stereocenters. The molecule has 3 aliphatic heterocycles. The Morgan fingerprint density at radius 3 is 1.91 bits per heavy atom. The number of nitrogens with one attached hydrogen (secondary N) is 1. The molecule has 17 heteroatoms. The minimum Gasteiger partial charge on any atom is -0.497 e. The van der Waals surface area contributed by atoms with Crippen LogP contribution >= 0.6 is 7.72 Å². The van der Waals surface area contributed by atoms with Gasteiger partial charge in [0.25, 0.3) is 13.3 Å². The van der Waals surface area contributed by atoms with E-state index in [4.69, 9.17) is 37.5 Å². The highest BCUT2D eigenvalue weighted by atomic mass is 31.2. The number of ether oxygens (including phenoxy) is 6. The molecular formula is C62H71N5O11P+. The summed E-state index contributed by atoms with van der Waals surface area (Å²) in [5, 5.41) is 9.78. The average Bonchev–Trinajstić information content (AvgIpc) is 4.00. The van der Waals surface area contributed by atoms with E-state index < -0.39 is 54.7 Å². The quantitative estimate of drug-likeness (QED) is 0.0435. The minimum atomic E-state index is -2.99. The van der Waals surface area contributed by atoms with Gasteiger partial charge >= 0.3 is 11.8 Å². The van der Waals surface area contributed by atoms with Crippen LogP contribution in [0.3, 0.4) is 0 Å². The number of aromatic nitrogens is 2. The number of nitrogens with zero attached hydrogens (tertiary/aromatic N) is 4. The van der Waals surface area contributed by atoms with Gasteiger partial charge in [0.2, 0.25) is 0 Å². The molecular weight excluding hydrogens is 1020 g/mol. The van der Waals surface area contributed by atoms with Crippen LogP contribution in [-0.4, -0.2) is 127 Å². The Hall–Kier alpha value is -6.67. The predicted octanol–water partition coefficient (Wildman–Crippen LogP) is 9.84. The van der Waals surface area contributed by atoms with Gasteiger partial charge in [-0.05, 0) is 97.8 Å². The zero-order valence-electron chi connectivity index (χ0n) is 46.0. The highest BCUT2D eigenvalue weighted by Crippen LogP contribution is 2.73. The molecule has 4 heterocycles. The first kappa shape index (κ1) is 55.6. The lowest BCUT2D eigenvalue weighted by molar-refractivity contribution is -0.123. The third kappa shape index (κ3) is 10.7. The van der Waals surface area contributed by atoms with Crippen molar-refractivity contribution in [3.05, 3.63) is 188 Å². The second kappa shape index (κ2) is 23.6. The Labute approximate surface area is 462 Å². The van der Waals surface area contributed by atoms with E-state index in [9.17, 15) is 19.6 Å². The number of hydrogen-bond acceptors (Lipinski definition) is 13. The Morgan fingerprint density at radius 2 is 1.34 bits per heavy atom. The van der Waals surface area contributed by atoms with Gasteiger partial charge in [-0.25, -0.2) is 14.1 Å². The molecule has 16 nitrogen and oxygen atoms in total. The number of amides is 1. The molecule has 0 spiro atoms. The van der Waals surface area contributed by atoms with Crippen LogP contribution in [0.25, 0.3) is 11.1 Å². The summed E-state index contributed by atoms with van der Waals surface area (Å²) in [6.07, 6.45) is -1.80. The van der Waals surface area contributed by atoms with Crippen molar-refractivity contribution in [2.45, 2.75) is 100 Å². The standard InChI is InChI=1S/C62H70N5O11P/c1-41(2)79(42(3)4,75-35-15-30-63)78-61-36-49(38-65-31-33-66(34-32-65)60(70)73-39-54-52-20-13-11-18-50(52)51-19-12-14-21-53(51)54)76-56(61)58(67-37-43(5)57(68)64-59(67)69)77-55(61)40-74-62(44-16-9-8-10-17-44,45-22-26-47(71-6)27-23-45)46-24-28-48(72-7)29-25-46/h8-14,16-29,37,41-42,49,54-56,58H,15,31-36,38-40H2,1-7H3/p+1/t49-,55?,56-,58-,61-/m1/s1. The smallest absolute Gasteiger partial charge is 0.409 e. The number of piperazine rings is 1. The van der Waals surface area contributed by atoms with E-state index in [1.807, 2.05) is 103 Å². The molecule has 1 aliphatic carbocycles. The van der Waals surface area contributed by atoms with Crippen LogP contribution in [0.2, 0.25) is 0 Å². The van der Waals surface area contributed by atoms with Crippen molar-refractivity contribution >= 4 is 13.8 Å². The summed E-state index contributed by atoms with van der Waals surface area (Å²) in [6.45, 7) is 12.8. The number of H-pyrrole nitrogens is 1. The number of carbonyl (C=O) groups is 1. The van der Waals surface area contributed by atoms with Gasteiger partial charge in [-0.3, -0.25) is 19.2 Å². The second-order valence-electron chi connectivity index (χ2n) is 21.4. The van der Waals surface area contributed by atoms with Gasteiger partial charge in [0.1, 0.15) is 53.8 Å². The highest BCUT2D eigenvalue weighted by Gasteiger charge is 2.71. The fourth-order valence-corrected chi connectivity index (χ4v) is 15.7. The molecule has 6 aromatic rings. The van der Waals surface area contributed by atoms with E-state index in [2.05, 4.69) is 67.9 Å². The largest absolute Gasteiger partial charge is 0.497 e. The maximum atomic E-state index is 14.1. The average molecular weight is 1090 g/mol. The zero-order chi connectivity index (χ0) is 55.5. The first-order chi connectivity index (χ1) is 38.2. The molecule has 1 aromatic heterocycles. The third-order valence-electron chi connectivity index (χ3n) is 16.2. The van der Waals surface area contributed by atoms with E-state index in [-0.39, 0.29) is 49.6 Å². The van der Waals surface area contributed by atoms with Crippen LogP contribution in [0.4, 0.5) is 4.79 Å². The molecule has 414 valence electrons. The molecule has 0 saturated carbocycles. The number of methoxy groups -OCH3 is 2. The molecule has 0 radical (unpaired) electrons. The summed E-state index contributed by atoms with van der Waals surface area (Å²) in [5.74, 6) is 1.30. The van der Waals surface area contributed by atoms with Gasteiger partial charge in [0.15, 0.2) is 11.8 Å². The van der Waals surface area contributed by atoms with Crippen LogP contribution < -0.4 is 20.7 Å². The highest BCUT2D eigenvalue weighted by molar-refractivity contribution is 7.67. The molecule has 79 heavy (non-hydrogen) atoms. The molecule has 5 atom stereocenters. The van der Waals surface area contributed by atoms with Gasteiger partial charge in [-0.2, -0.15) is 9.79 Å². The van der Waals surface area contributed by atoms with Crippen molar-refractivity contribution < 1.29 is 42.3 Å². The molecule has 3 fully saturated rings. The molecule has 10 rings (SSSR count). The van der Waals surface area contributed by atoms with E-state index in [1.165, 1.54) is 21.9 Å². The summed E-state index contributed by atoms with van der Waals surface area (Å²) in [6, 6.07) is 44.4. The normalized spacial score (nSPS) is 21.2. The molecule has 3 saturated heterocycles. The Balaban J connectivity index is 0.994. The Bertz CT molecular complexity index is 3150. The van der Waals surface area contributed by atoms with Gasteiger partial charge in [0.05, 0.1) is 39.4 Å². The molecule has 1 N–H and O–H groups in total. The van der Waals surface area contributed by atoms with Crippen molar-refractivity contribution in [2.24, 2.45) is 0 Å². The predicted molar refractivity (Wildman–Crippen MR) is 302 cm³/mol. The number of carbonyl (C=O) groups excluding carboxylic acids is 1. The zero-order valence-corrected chi connectivity index (χ0v) is 46.9. The van der Waals surface area contributed by atoms with Crippen LogP contribution in [0.15, 0.2) is 143 Å². The maximum Gasteiger partial charge on any atom is 0.409 e. The maximum absolute atomic E-state index is 14.1. The Morgan fingerprint density at radius 1 is 0.772 bits per heavy atom. The fourth-order valence-electron chi connectivity index (χ4n) is 12.2. The van der Waals surface area contributed by atoms with Crippen molar-refractivity contribution in [1.29, 1.82) is 5.26 Å².